The molecule has 116 valence electrons. The summed E-state index contributed by atoms with van der Waals surface area (Å²) in [7, 11) is -1.99. The molecule has 0 aliphatic heterocycles. The average molecular weight is 316 g/mol. The van der Waals surface area contributed by atoms with Gasteiger partial charge in [0.1, 0.15) is 0 Å². The summed E-state index contributed by atoms with van der Waals surface area (Å²) in [6.45, 7) is 0.0983. The van der Waals surface area contributed by atoms with Crippen molar-refractivity contribution in [3.8, 4) is 0 Å². The third-order valence-corrected chi connectivity index (χ3v) is 3.48. The molecule has 0 fully saturated rings. The second kappa shape index (κ2) is 6.99. The molecule has 0 aliphatic rings. The first-order valence-corrected chi connectivity index (χ1v) is 7.71. The Morgan fingerprint density at radius 1 is 1.43 bits per heavy atom. The summed E-state index contributed by atoms with van der Waals surface area (Å²) in [5.74, 6) is -0.779. The summed E-state index contributed by atoms with van der Waals surface area (Å²) in [5.41, 5.74) is 0.343. The van der Waals surface area contributed by atoms with Crippen LogP contribution in [0, 0.1) is 10.1 Å². The number of carbonyl (C=O) groups is 1. The number of carbonyl (C=O) groups excluding carboxylic acids is 1. The Morgan fingerprint density at radius 2 is 2.10 bits per heavy atom. The van der Waals surface area contributed by atoms with Gasteiger partial charge in [-0.1, -0.05) is 0 Å². The maximum absolute atomic E-state index is 12.0. The number of hydrogen-bond acceptors (Lipinski definition) is 6. The van der Waals surface area contributed by atoms with Crippen LogP contribution in [-0.2, 0) is 10.0 Å². The van der Waals surface area contributed by atoms with Gasteiger partial charge < -0.3 is 10.6 Å². The Morgan fingerprint density at radius 3 is 2.62 bits per heavy atom. The highest BCUT2D eigenvalue weighted by molar-refractivity contribution is 7.89. The van der Waals surface area contributed by atoms with Gasteiger partial charge in [0.15, 0.2) is 0 Å². The zero-order valence-corrected chi connectivity index (χ0v) is 12.1. The van der Waals surface area contributed by atoms with E-state index in [1.54, 1.807) is 7.05 Å². The number of nitro benzene ring substituents is 1. The van der Waals surface area contributed by atoms with Gasteiger partial charge in [0, 0.05) is 31.4 Å². The second-order valence-electron chi connectivity index (χ2n) is 4.21. The maximum Gasteiger partial charge on any atom is 0.270 e. The molecule has 0 aromatic heterocycles. The first-order chi connectivity index (χ1) is 9.74. The number of primary sulfonamides is 1. The number of nitro groups is 1. The summed E-state index contributed by atoms with van der Waals surface area (Å²) >= 11 is 0. The lowest BCUT2D eigenvalue weighted by molar-refractivity contribution is -0.384. The molecule has 0 spiro atoms. The summed E-state index contributed by atoms with van der Waals surface area (Å²) in [4.78, 5) is 22.1. The number of sulfonamides is 1. The fourth-order valence-corrected chi connectivity index (χ4v) is 2.17. The van der Waals surface area contributed by atoms with E-state index in [2.05, 4.69) is 10.6 Å². The van der Waals surface area contributed by atoms with E-state index in [1.165, 1.54) is 12.1 Å². The van der Waals surface area contributed by atoms with E-state index in [0.717, 1.165) is 6.07 Å². The molecule has 1 aromatic carbocycles. The van der Waals surface area contributed by atoms with E-state index in [9.17, 15) is 23.3 Å². The number of non-ortho nitro benzene ring substituents is 1. The molecule has 1 rings (SSSR count). The van der Waals surface area contributed by atoms with Crippen molar-refractivity contribution in [2.45, 2.75) is 6.42 Å². The number of amides is 1. The third kappa shape index (κ3) is 5.36. The molecule has 0 saturated heterocycles. The van der Waals surface area contributed by atoms with Gasteiger partial charge in [0.25, 0.3) is 11.6 Å². The van der Waals surface area contributed by atoms with Gasteiger partial charge in [-0.15, -0.1) is 0 Å². The number of nitrogens with zero attached hydrogens (tertiary/aromatic N) is 1. The number of benzene rings is 1. The topological polar surface area (TPSA) is 144 Å². The molecule has 0 heterocycles. The van der Waals surface area contributed by atoms with Crippen LogP contribution in [0.5, 0.6) is 0 Å². The van der Waals surface area contributed by atoms with Crippen molar-refractivity contribution >= 4 is 27.3 Å². The lowest BCUT2D eigenvalue weighted by Crippen LogP contribution is -2.27. The molecule has 0 unspecified atom stereocenters. The highest BCUT2D eigenvalue weighted by Crippen LogP contribution is 2.21. The van der Waals surface area contributed by atoms with E-state index in [1.807, 2.05) is 0 Å². The summed E-state index contributed by atoms with van der Waals surface area (Å²) in [5, 5.41) is 20.8. The van der Waals surface area contributed by atoms with Crippen molar-refractivity contribution in [1.29, 1.82) is 0 Å². The van der Waals surface area contributed by atoms with Crippen LogP contribution in [0.4, 0.5) is 11.4 Å². The zero-order valence-electron chi connectivity index (χ0n) is 11.3. The van der Waals surface area contributed by atoms with Crippen molar-refractivity contribution in [2.24, 2.45) is 5.14 Å². The highest BCUT2D eigenvalue weighted by Gasteiger charge is 2.16. The minimum atomic E-state index is -3.57. The maximum atomic E-state index is 12.0. The molecular formula is C11H16N4O5S. The minimum Gasteiger partial charge on any atom is -0.387 e. The van der Waals surface area contributed by atoms with Gasteiger partial charge >= 0.3 is 0 Å². The van der Waals surface area contributed by atoms with Crippen LogP contribution in [0.3, 0.4) is 0 Å². The Labute approximate surface area is 121 Å². The quantitative estimate of drug-likeness (QED) is 0.368. The normalized spacial score (nSPS) is 11.0. The van der Waals surface area contributed by atoms with Gasteiger partial charge in [-0.3, -0.25) is 14.9 Å². The SMILES string of the molecule is CNc1ccc([N+](=O)[O-])cc1C(=O)NCCCS(N)(=O)=O. The average Bonchev–Trinajstić information content (AvgIpc) is 2.41. The number of anilines is 1. The first-order valence-electron chi connectivity index (χ1n) is 5.99. The van der Waals surface area contributed by atoms with Gasteiger partial charge in [-0.05, 0) is 12.5 Å². The third-order valence-electron chi connectivity index (χ3n) is 2.62. The zero-order chi connectivity index (χ0) is 16.0. The van der Waals surface area contributed by atoms with Crippen molar-refractivity contribution in [3.05, 3.63) is 33.9 Å². The molecule has 4 N–H and O–H groups in total. The number of nitrogens with one attached hydrogen (secondary N) is 2. The largest absolute Gasteiger partial charge is 0.387 e. The van der Waals surface area contributed by atoms with Gasteiger partial charge in [-0.2, -0.15) is 0 Å². The fourth-order valence-electron chi connectivity index (χ4n) is 1.62. The lowest BCUT2D eigenvalue weighted by Gasteiger charge is -2.09. The Kier molecular flexibility index (Phi) is 5.61. The Balaban J connectivity index is 2.76. The van der Waals surface area contributed by atoms with Crippen LogP contribution in [0.2, 0.25) is 0 Å². The van der Waals surface area contributed by atoms with Crippen molar-refractivity contribution in [1.82, 2.24) is 5.32 Å². The minimum absolute atomic E-state index is 0.0983. The molecule has 10 heteroatoms. The summed E-state index contributed by atoms with van der Waals surface area (Å²) in [6.07, 6.45) is 0.161. The van der Waals surface area contributed by atoms with E-state index < -0.39 is 20.9 Å². The predicted molar refractivity (Wildman–Crippen MR) is 77.6 cm³/mol. The predicted octanol–water partition coefficient (Wildman–Crippen LogP) is 0.0449. The molecule has 9 nitrogen and oxygen atoms in total. The molecule has 0 bridgehead atoms. The van der Waals surface area contributed by atoms with Crippen molar-refractivity contribution < 1.29 is 18.1 Å². The molecule has 0 aliphatic carbocycles. The van der Waals surface area contributed by atoms with Crippen LogP contribution in [0.25, 0.3) is 0 Å². The van der Waals surface area contributed by atoms with Crippen LogP contribution >= 0.6 is 0 Å². The second-order valence-corrected chi connectivity index (χ2v) is 5.95. The standard InChI is InChI=1S/C11H16N4O5S/c1-13-10-4-3-8(15(17)18)7-9(10)11(16)14-5-2-6-21(12,19)20/h3-4,7,13H,2,5-6H2,1H3,(H,14,16)(H2,12,19,20). The van der Waals surface area contributed by atoms with Crippen LogP contribution in [0.1, 0.15) is 16.8 Å². The van der Waals surface area contributed by atoms with Gasteiger partial charge in [0.2, 0.25) is 10.0 Å². The van der Waals surface area contributed by atoms with Crippen molar-refractivity contribution in [3.63, 3.8) is 0 Å². The lowest BCUT2D eigenvalue weighted by atomic mass is 10.1. The first kappa shape index (κ1) is 16.9. The molecule has 1 amide bonds. The Hall–Kier alpha value is -2.20. The highest BCUT2D eigenvalue weighted by atomic mass is 32.2. The molecule has 21 heavy (non-hydrogen) atoms. The van der Waals surface area contributed by atoms with Crippen LogP contribution in [-0.4, -0.2) is 38.6 Å². The fraction of sp³-hybridized carbons (Fsp3) is 0.364. The van der Waals surface area contributed by atoms with Crippen LogP contribution < -0.4 is 15.8 Å². The van der Waals surface area contributed by atoms with E-state index in [-0.39, 0.29) is 30.0 Å². The number of rotatable bonds is 7. The van der Waals surface area contributed by atoms with Crippen molar-refractivity contribution in [2.75, 3.05) is 24.7 Å². The van der Waals surface area contributed by atoms with Gasteiger partial charge in [0.05, 0.1) is 16.2 Å². The molecule has 0 atom stereocenters. The van der Waals surface area contributed by atoms with Gasteiger partial charge in [-0.25, -0.2) is 13.6 Å². The monoisotopic (exact) mass is 316 g/mol. The number of nitrogens with two attached hydrogens (primary N) is 1. The van der Waals surface area contributed by atoms with E-state index >= 15 is 0 Å². The molecule has 0 saturated carbocycles. The van der Waals surface area contributed by atoms with E-state index in [0.29, 0.717) is 5.69 Å². The molecule has 0 radical (unpaired) electrons. The molecular weight excluding hydrogens is 300 g/mol. The Bertz CT molecular complexity index is 644. The van der Waals surface area contributed by atoms with E-state index in [4.69, 9.17) is 5.14 Å². The number of hydrogen-bond donors (Lipinski definition) is 3. The smallest absolute Gasteiger partial charge is 0.270 e. The molecule has 1 aromatic rings. The summed E-state index contributed by atoms with van der Waals surface area (Å²) in [6, 6.07) is 3.86. The summed E-state index contributed by atoms with van der Waals surface area (Å²) < 4.78 is 21.5. The van der Waals surface area contributed by atoms with Crippen LogP contribution in [0.15, 0.2) is 18.2 Å².